The Morgan fingerprint density at radius 2 is 1.70 bits per heavy atom. The summed E-state index contributed by atoms with van der Waals surface area (Å²) in [5, 5.41) is 6.33. The Morgan fingerprint density at radius 3 is 2.37 bits per heavy atom. The van der Waals surface area contributed by atoms with Crippen LogP contribution in [0.2, 0.25) is 0 Å². The normalized spacial score (nSPS) is 29.5. The molecule has 0 aliphatic carbocycles. The van der Waals surface area contributed by atoms with E-state index in [-0.39, 0.29) is 29.7 Å². The molecule has 2 aromatic carbocycles. The average Bonchev–Trinajstić information content (AvgIpc) is 3.33. The number of hydrogen-bond acceptors (Lipinski definition) is 5. The van der Waals surface area contributed by atoms with Crippen LogP contribution in [0.15, 0.2) is 48.5 Å². The average molecular weight is 405 g/mol. The maximum absolute atomic E-state index is 13.7. The lowest BCUT2D eigenvalue weighted by molar-refractivity contribution is -0.130. The van der Waals surface area contributed by atoms with Gasteiger partial charge in [0.1, 0.15) is 11.3 Å². The molecule has 2 saturated heterocycles. The lowest BCUT2D eigenvalue weighted by Crippen LogP contribution is -2.54. The van der Waals surface area contributed by atoms with Gasteiger partial charge in [0.05, 0.1) is 24.6 Å². The Bertz CT molecular complexity index is 1060. The smallest absolute Gasteiger partial charge is 0.250 e. The Balaban J connectivity index is 1.65. The third kappa shape index (κ3) is 2.26. The Labute approximate surface area is 174 Å². The van der Waals surface area contributed by atoms with E-state index in [0.29, 0.717) is 17.1 Å². The first-order valence-electron chi connectivity index (χ1n) is 10.1. The quantitative estimate of drug-likeness (QED) is 0.765. The van der Waals surface area contributed by atoms with Gasteiger partial charge in [-0.25, -0.2) is 4.90 Å². The first-order chi connectivity index (χ1) is 14.4. The van der Waals surface area contributed by atoms with Crippen molar-refractivity contribution in [2.24, 2.45) is 17.8 Å². The molecule has 4 atom stereocenters. The van der Waals surface area contributed by atoms with Crippen molar-refractivity contribution in [3.63, 3.8) is 0 Å². The van der Waals surface area contributed by atoms with Crippen molar-refractivity contribution in [2.45, 2.75) is 25.4 Å². The van der Waals surface area contributed by atoms with E-state index in [1.807, 2.05) is 38.1 Å². The van der Waals surface area contributed by atoms with E-state index >= 15 is 0 Å². The zero-order valence-electron chi connectivity index (χ0n) is 17.0. The summed E-state index contributed by atoms with van der Waals surface area (Å²) in [5.41, 5.74) is 0.654. The van der Waals surface area contributed by atoms with Crippen molar-refractivity contribution in [2.75, 3.05) is 17.3 Å². The number of carbonyl (C=O) groups is 3. The number of benzene rings is 2. The molecule has 3 aliphatic rings. The summed E-state index contributed by atoms with van der Waals surface area (Å²) in [4.78, 5) is 41.7. The van der Waals surface area contributed by atoms with Crippen molar-refractivity contribution in [1.82, 2.24) is 5.32 Å². The molecule has 5 rings (SSSR count). The number of rotatable bonds is 3. The lowest BCUT2D eigenvalue weighted by Gasteiger charge is -2.30. The van der Waals surface area contributed by atoms with E-state index in [2.05, 4.69) is 10.6 Å². The number of para-hydroxylation sites is 1. The summed E-state index contributed by atoms with van der Waals surface area (Å²) in [6.45, 7) is 4.00. The summed E-state index contributed by atoms with van der Waals surface area (Å²) in [7, 11) is 1.56. The molecule has 0 radical (unpaired) electrons. The number of methoxy groups -OCH3 is 1. The van der Waals surface area contributed by atoms with E-state index in [4.69, 9.17) is 4.74 Å². The topological polar surface area (TPSA) is 87.7 Å². The maximum Gasteiger partial charge on any atom is 0.250 e. The molecule has 1 spiro atoms. The number of fused-ring (bicyclic) bond motifs is 4. The fourth-order valence-corrected chi connectivity index (χ4v) is 5.25. The zero-order valence-corrected chi connectivity index (χ0v) is 17.0. The molecule has 0 saturated carbocycles. The fourth-order valence-electron chi connectivity index (χ4n) is 5.25. The van der Waals surface area contributed by atoms with Gasteiger partial charge in [0.25, 0.3) is 0 Å². The second-order valence-electron chi connectivity index (χ2n) is 8.44. The highest BCUT2D eigenvalue weighted by Crippen LogP contribution is 2.54. The third-order valence-corrected chi connectivity index (χ3v) is 6.61. The Morgan fingerprint density at radius 1 is 1.00 bits per heavy atom. The number of nitrogens with one attached hydrogen (secondary N) is 2. The first-order valence-corrected chi connectivity index (χ1v) is 10.1. The molecular formula is C23H23N3O4. The summed E-state index contributed by atoms with van der Waals surface area (Å²) < 4.78 is 5.19. The fraction of sp³-hybridized carbons (Fsp3) is 0.348. The van der Waals surface area contributed by atoms with Crippen molar-refractivity contribution >= 4 is 29.1 Å². The van der Waals surface area contributed by atoms with Crippen molar-refractivity contribution < 1.29 is 19.1 Å². The van der Waals surface area contributed by atoms with Crippen LogP contribution in [0.25, 0.3) is 0 Å². The highest BCUT2D eigenvalue weighted by Gasteiger charge is 2.70. The molecule has 0 bridgehead atoms. The first kappa shape index (κ1) is 18.8. The number of amides is 3. The van der Waals surface area contributed by atoms with Crippen molar-refractivity contribution in [3.05, 3.63) is 54.1 Å². The molecular weight excluding hydrogens is 382 g/mol. The van der Waals surface area contributed by atoms with Crippen LogP contribution >= 0.6 is 0 Å². The number of ether oxygens (including phenoxy) is 1. The van der Waals surface area contributed by atoms with Crippen LogP contribution < -0.4 is 20.3 Å². The van der Waals surface area contributed by atoms with E-state index in [1.54, 1.807) is 31.4 Å². The standard InChI is InChI=1S/C23H23N3O4/c1-12(2)19-17-18(23(25-19)15-6-4-5-7-16(15)24-22(23)29)21(28)26(20(17)27)13-8-10-14(30-3)11-9-13/h4-12,17-19,25H,1-3H3,(H,24,29)/t17-,18+,19-,23+/m1/s1. The zero-order chi connectivity index (χ0) is 21.2. The molecule has 3 heterocycles. The second-order valence-corrected chi connectivity index (χ2v) is 8.44. The lowest BCUT2D eigenvalue weighted by atomic mass is 9.76. The van der Waals surface area contributed by atoms with E-state index in [9.17, 15) is 14.4 Å². The second kappa shape index (κ2) is 6.40. The number of carbonyl (C=O) groups excluding carboxylic acids is 3. The van der Waals surface area contributed by atoms with E-state index in [0.717, 1.165) is 5.56 Å². The third-order valence-electron chi connectivity index (χ3n) is 6.61. The summed E-state index contributed by atoms with van der Waals surface area (Å²) >= 11 is 0. The largest absolute Gasteiger partial charge is 0.497 e. The minimum Gasteiger partial charge on any atom is -0.497 e. The van der Waals surface area contributed by atoms with Gasteiger partial charge in [-0.3, -0.25) is 19.7 Å². The molecule has 7 nitrogen and oxygen atoms in total. The predicted octanol–water partition coefficient (Wildman–Crippen LogP) is 2.28. The van der Waals surface area contributed by atoms with Gasteiger partial charge in [0.2, 0.25) is 17.7 Å². The monoisotopic (exact) mass is 405 g/mol. The van der Waals surface area contributed by atoms with Gasteiger partial charge in [-0.15, -0.1) is 0 Å². The van der Waals surface area contributed by atoms with Crippen molar-refractivity contribution in [1.29, 1.82) is 0 Å². The molecule has 2 aromatic rings. The summed E-state index contributed by atoms with van der Waals surface area (Å²) in [5.74, 6) is -1.61. The van der Waals surface area contributed by atoms with Crippen LogP contribution in [-0.4, -0.2) is 30.9 Å². The minimum absolute atomic E-state index is 0.0602. The van der Waals surface area contributed by atoms with Gasteiger partial charge in [-0.1, -0.05) is 32.0 Å². The van der Waals surface area contributed by atoms with Gasteiger partial charge in [-0.05, 0) is 36.2 Å². The Kier molecular flexibility index (Phi) is 4.02. The molecule has 0 aromatic heterocycles. The highest BCUT2D eigenvalue weighted by molar-refractivity contribution is 6.25. The summed E-state index contributed by atoms with van der Waals surface area (Å²) in [6, 6.07) is 13.9. The van der Waals surface area contributed by atoms with Crippen LogP contribution in [-0.2, 0) is 19.9 Å². The number of imide groups is 1. The van der Waals surface area contributed by atoms with Crippen LogP contribution in [0.1, 0.15) is 19.4 Å². The van der Waals surface area contributed by atoms with Crippen LogP contribution in [0, 0.1) is 17.8 Å². The van der Waals surface area contributed by atoms with E-state index < -0.39 is 17.4 Å². The van der Waals surface area contributed by atoms with Crippen molar-refractivity contribution in [3.8, 4) is 5.75 Å². The number of hydrogen-bond donors (Lipinski definition) is 2. The molecule has 2 fully saturated rings. The van der Waals surface area contributed by atoms with Gasteiger partial charge in [0.15, 0.2) is 0 Å². The number of nitrogens with zero attached hydrogens (tertiary/aromatic N) is 1. The minimum atomic E-state index is -1.25. The summed E-state index contributed by atoms with van der Waals surface area (Å²) in [6.07, 6.45) is 0. The Hall–Kier alpha value is -3.19. The molecule has 154 valence electrons. The molecule has 30 heavy (non-hydrogen) atoms. The molecule has 3 aliphatic heterocycles. The highest BCUT2D eigenvalue weighted by atomic mass is 16.5. The van der Waals surface area contributed by atoms with Gasteiger partial charge >= 0.3 is 0 Å². The van der Waals surface area contributed by atoms with E-state index in [1.165, 1.54) is 4.90 Å². The molecule has 2 N–H and O–H groups in total. The van der Waals surface area contributed by atoms with Gasteiger partial charge in [-0.2, -0.15) is 0 Å². The maximum atomic E-state index is 13.7. The van der Waals surface area contributed by atoms with Crippen LogP contribution in [0.5, 0.6) is 5.75 Å². The van der Waals surface area contributed by atoms with Crippen LogP contribution in [0.3, 0.4) is 0 Å². The van der Waals surface area contributed by atoms with Crippen LogP contribution in [0.4, 0.5) is 11.4 Å². The van der Waals surface area contributed by atoms with Gasteiger partial charge in [0, 0.05) is 17.3 Å². The molecule has 0 unspecified atom stereocenters. The molecule has 3 amide bonds. The predicted molar refractivity (Wildman–Crippen MR) is 111 cm³/mol. The molecule has 7 heteroatoms. The number of anilines is 2. The van der Waals surface area contributed by atoms with Gasteiger partial charge < -0.3 is 10.1 Å². The SMILES string of the molecule is COc1ccc(N2C(=O)[C@H]3[C@@H](C(C)C)N[C@]4(C(=O)Nc5ccccc54)[C@@H]3C2=O)cc1.